The molecule has 30 heavy (non-hydrogen) atoms. The molecule has 0 radical (unpaired) electrons. The van der Waals surface area contributed by atoms with E-state index in [0.29, 0.717) is 29.4 Å². The van der Waals surface area contributed by atoms with Crippen molar-refractivity contribution in [2.75, 3.05) is 0 Å². The highest BCUT2D eigenvalue weighted by Gasteiger charge is 2.32. The molecule has 2 aromatic rings. The smallest absolute Gasteiger partial charge is 0.270 e. The van der Waals surface area contributed by atoms with Crippen LogP contribution in [0.15, 0.2) is 29.4 Å². The maximum absolute atomic E-state index is 13.3. The van der Waals surface area contributed by atoms with E-state index in [9.17, 15) is 9.18 Å². The Morgan fingerprint density at radius 3 is 2.80 bits per heavy atom. The first-order valence-electron chi connectivity index (χ1n) is 10.3. The molecular weight excluding hydrogens is 407 g/mol. The predicted molar refractivity (Wildman–Crippen MR) is 112 cm³/mol. The van der Waals surface area contributed by atoms with Crippen LogP contribution in [0, 0.1) is 18.7 Å². The fourth-order valence-electron chi connectivity index (χ4n) is 4.06. The summed E-state index contributed by atoms with van der Waals surface area (Å²) in [6.07, 6.45) is 6.94. The van der Waals surface area contributed by atoms with E-state index < -0.39 is 5.82 Å². The average molecular weight is 431 g/mol. The first kappa shape index (κ1) is 20.7. The van der Waals surface area contributed by atoms with Gasteiger partial charge in [-0.2, -0.15) is 0 Å². The zero-order chi connectivity index (χ0) is 21.1. The second-order valence-corrected chi connectivity index (χ2v) is 8.31. The number of halogens is 2. The molecule has 1 unspecified atom stereocenters. The summed E-state index contributed by atoms with van der Waals surface area (Å²) in [5.41, 5.74) is 2.34. The van der Waals surface area contributed by atoms with Crippen LogP contribution in [-0.2, 0) is 11.4 Å². The standard InChI is InChI=1S/C22H24ClFN4O2/c1-13-26-18(19-11-21(30-28-19)15-5-3-2-4-6-15)10-20(27-13)22(29)25-12-14-7-8-17(24)16(23)9-14/h7-10,15,21H,2-6,11-12H2,1H3,(H,25,29). The van der Waals surface area contributed by atoms with Gasteiger partial charge in [-0.1, -0.05) is 42.1 Å². The van der Waals surface area contributed by atoms with E-state index in [2.05, 4.69) is 20.4 Å². The number of aromatic nitrogens is 2. The van der Waals surface area contributed by atoms with Gasteiger partial charge in [-0.05, 0) is 49.4 Å². The molecule has 1 aromatic heterocycles. The van der Waals surface area contributed by atoms with Crippen LogP contribution in [-0.4, -0.2) is 27.7 Å². The molecule has 6 nitrogen and oxygen atoms in total. The number of rotatable bonds is 5. The summed E-state index contributed by atoms with van der Waals surface area (Å²) in [4.78, 5) is 27.0. The quantitative estimate of drug-likeness (QED) is 0.753. The second-order valence-electron chi connectivity index (χ2n) is 7.90. The molecule has 8 heteroatoms. The number of amides is 1. The van der Waals surface area contributed by atoms with Gasteiger partial charge >= 0.3 is 0 Å². The Kier molecular flexibility index (Phi) is 6.27. The number of hydrogen-bond acceptors (Lipinski definition) is 5. The van der Waals surface area contributed by atoms with Crippen LogP contribution in [0.4, 0.5) is 4.39 Å². The Bertz CT molecular complexity index is 976. The van der Waals surface area contributed by atoms with Gasteiger partial charge in [0.25, 0.3) is 5.91 Å². The summed E-state index contributed by atoms with van der Waals surface area (Å²) >= 11 is 5.79. The van der Waals surface area contributed by atoms with Crippen LogP contribution in [0.5, 0.6) is 0 Å². The van der Waals surface area contributed by atoms with E-state index in [1.165, 1.54) is 44.2 Å². The Labute approximate surface area is 179 Å². The molecule has 2 heterocycles. The third-order valence-corrected chi connectivity index (χ3v) is 5.96. The summed E-state index contributed by atoms with van der Waals surface area (Å²) in [6, 6.07) is 5.99. The molecule has 4 rings (SSSR count). The fraction of sp³-hybridized carbons (Fsp3) is 0.455. The maximum Gasteiger partial charge on any atom is 0.270 e. The van der Waals surface area contributed by atoms with Crippen LogP contribution in [0.1, 0.15) is 66.1 Å². The molecule has 0 bridgehead atoms. The number of nitrogens with one attached hydrogen (secondary N) is 1. The number of carbonyl (C=O) groups excluding carboxylic acids is 1. The van der Waals surface area contributed by atoms with Crippen molar-refractivity contribution in [3.63, 3.8) is 0 Å². The van der Waals surface area contributed by atoms with Gasteiger partial charge in [0.05, 0.1) is 10.7 Å². The van der Waals surface area contributed by atoms with Crippen LogP contribution >= 0.6 is 11.6 Å². The number of oxime groups is 1. The van der Waals surface area contributed by atoms with Gasteiger partial charge in [-0.15, -0.1) is 0 Å². The highest BCUT2D eigenvalue weighted by Crippen LogP contribution is 2.32. The highest BCUT2D eigenvalue weighted by atomic mass is 35.5. The lowest BCUT2D eigenvalue weighted by Crippen LogP contribution is -2.25. The molecule has 158 valence electrons. The third kappa shape index (κ3) is 4.78. The zero-order valence-corrected chi connectivity index (χ0v) is 17.6. The maximum atomic E-state index is 13.3. The Morgan fingerprint density at radius 1 is 1.23 bits per heavy atom. The third-order valence-electron chi connectivity index (χ3n) is 5.67. The molecule has 1 aromatic carbocycles. The van der Waals surface area contributed by atoms with Crippen LogP contribution in [0.25, 0.3) is 0 Å². The van der Waals surface area contributed by atoms with Crippen molar-refractivity contribution in [1.29, 1.82) is 0 Å². The number of carbonyl (C=O) groups is 1. The first-order valence-corrected chi connectivity index (χ1v) is 10.7. The van der Waals surface area contributed by atoms with Crippen molar-refractivity contribution < 1.29 is 14.0 Å². The van der Waals surface area contributed by atoms with Gasteiger partial charge in [-0.25, -0.2) is 14.4 Å². The molecule has 1 aliphatic heterocycles. The minimum Gasteiger partial charge on any atom is -0.391 e. The number of benzene rings is 1. The van der Waals surface area contributed by atoms with Crippen molar-refractivity contribution in [2.24, 2.45) is 11.1 Å². The van der Waals surface area contributed by atoms with Gasteiger partial charge in [0.15, 0.2) is 0 Å². The Balaban J connectivity index is 1.42. The number of hydrogen-bond donors (Lipinski definition) is 1. The average Bonchev–Trinajstić information content (AvgIpc) is 3.25. The molecule has 1 amide bonds. The van der Waals surface area contributed by atoms with Crippen molar-refractivity contribution in [1.82, 2.24) is 15.3 Å². The fourth-order valence-corrected chi connectivity index (χ4v) is 4.26. The minimum absolute atomic E-state index is 0.0219. The van der Waals surface area contributed by atoms with Gasteiger partial charge in [0, 0.05) is 13.0 Å². The van der Waals surface area contributed by atoms with Crippen molar-refractivity contribution >= 4 is 23.2 Å². The zero-order valence-electron chi connectivity index (χ0n) is 16.8. The monoisotopic (exact) mass is 430 g/mol. The second kappa shape index (κ2) is 9.08. The molecule has 1 fully saturated rings. The van der Waals surface area contributed by atoms with Gasteiger partial charge in [-0.3, -0.25) is 4.79 Å². The van der Waals surface area contributed by atoms with Crippen LogP contribution in [0.2, 0.25) is 5.02 Å². The van der Waals surface area contributed by atoms with Crippen LogP contribution < -0.4 is 5.32 Å². The highest BCUT2D eigenvalue weighted by molar-refractivity contribution is 6.30. The topological polar surface area (TPSA) is 76.5 Å². The summed E-state index contributed by atoms with van der Waals surface area (Å²) in [5.74, 6) is 0.193. The molecule has 0 spiro atoms. The van der Waals surface area contributed by atoms with E-state index in [-0.39, 0.29) is 29.3 Å². The summed E-state index contributed by atoms with van der Waals surface area (Å²) in [6.45, 7) is 1.96. The van der Waals surface area contributed by atoms with Crippen LogP contribution in [0.3, 0.4) is 0 Å². The van der Waals surface area contributed by atoms with Crippen molar-refractivity contribution in [2.45, 2.75) is 58.1 Å². The predicted octanol–water partition coefficient (Wildman–Crippen LogP) is 4.58. The van der Waals surface area contributed by atoms with E-state index in [1.807, 2.05) is 0 Å². The lowest BCUT2D eigenvalue weighted by atomic mass is 9.83. The Morgan fingerprint density at radius 2 is 2.03 bits per heavy atom. The van der Waals surface area contributed by atoms with E-state index in [4.69, 9.17) is 16.4 Å². The molecule has 1 N–H and O–H groups in total. The first-order chi connectivity index (χ1) is 14.5. The van der Waals surface area contributed by atoms with Crippen molar-refractivity contribution in [3.05, 3.63) is 57.9 Å². The van der Waals surface area contributed by atoms with Gasteiger partial charge in [0.2, 0.25) is 0 Å². The van der Waals surface area contributed by atoms with Gasteiger partial charge < -0.3 is 10.2 Å². The molecular formula is C22H24ClFN4O2. The van der Waals surface area contributed by atoms with E-state index in [0.717, 1.165) is 5.71 Å². The molecule has 1 atom stereocenters. The van der Waals surface area contributed by atoms with Crippen molar-refractivity contribution in [3.8, 4) is 0 Å². The van der Waals surface area contributed by atoms with E-state index >= 15 is 0 Å². The lowest BCUT2D eigenvalue weighted by molar-refractivity contribution is 0.0268. The molecule has 1 saturated carbocycles. The molecule has 0 saturated heterocycles. The minimum atomic E-state index is -0.492. The summed E-state index contributed by atoms with van der Waals surface area (Å²) in [5, 5.41) is 7.07. The molecule has 2 aliphatic rings. The largest absolute Gasteiger partial charge is 0.391 e. The SMILES string of the molecule is Cc1nc(C(=O)NCc2ccc(F)c(Cl)c2)cc(C2=NOC(C3CCCCC3)C2)n1. The number of aryl methyl sites for hydroxylation is 1. The number of nitrogens with zero attached hydrogens (tertiary/aromatic N) is 3. The normalized spacial score (nSPS) is 19.3. The van der Waals surface area contributed by atoms with Gasteiger partial charge in [0.1, 0.15) is 29.2 Å². The molecule has 1 aliphatic carbocycles. The lowest BCUT2D eigenvalue weighted by Gasteiger charge is -2.25. The van der Waals surface area contributed by atoms with E-state index in [1.54, 1.807) is 19.1 Å². The summed E-state index contributed by atoms with van der Waals surface area (Å²) < 4.78 is 13.3. The Hall–Kier alpha value is -2.54. The summed E-state index contributed by atoms with van der Waals surface area (Å²) in [7, 11) is 0.